The predicted molar refractivity (Wildman–Crippen MR) is 166 cm³/mol. The highest BCUT2D eigenvalue weighted by atomic mass is 28.4. The summed E-state index contributed by atoms with van der Waals surface area (Å²) in [6, 6.07) is 4.36. The van der Waals surface area contributed by atoms with E-state index in [1.165, 1.54) is 75.7 Å². The number of rotatable bonds is 21. The minimum Gasteiger partial charge on any atom is -0.491 e. The summed E-state index contributed by atoms with van der Waals surface area (Å²) in [5.41, 5.74) is 0.0546. The fourth-order valence-electron chi connectivity index (χ4n) is 5.34. The van der Waals surface area contributed by atoms with Crippen molar-refractivity contribution in [2.45, 2.75) is 112 Å². The van der Waals surface area contributed by atoms with Crippen molar-refractivity contribution in [1.29, 1.82) is 0 Å². The summed E-state index contributed by atoms with van der Waals surface area (Å²) >= 11 is 0. The first-order valence-corrected chi connectivity index (χ1v) is 18.4. The zero-order valence-electron chi connectivity index (χ0n) is 29.8. The van der Waals surface area contributed by atoms with Crippen molar-refractivity contribution in [3.8, 4) is 5.75 Å². The number of hydrogen-bond acceptors (Lipinski definition) is 5. The number of allylic oxidation sites excluding steroid dienone is 2. The lowest BCUT2D eigenvalue weighted by Gasteiger charge is -2.44. The standard InChI is InChI=1S/C32H38F17NO5Si/c1-18(2)56(19(3)4,55-16-15-54-22-12-10-21(11-13-22)24(52)20(5)8-6-7-9-23(51)50-53)17-14-25(33,34)26(35,36)27(37,38)28(39,40)29(41,42)30(43,44)31(45,46)32(47,48)49/h6-13,18-20,24,52-53H,14-17H2,1-5H3,(H,50,51)/b8-6+,9-7+/t20-,24+/m0/s1. The van der Waals surface area contributed by atoms with Gasteiger partial charge in [0.05, 0.1) is 12.7 Å². The van der Waals surface area contributed by atoms with Gasteiger partial charge in [-0.05, 0) is 34.8 Å². The molecule has 0 aliphatic rings. The Morgan fingerprint density at radius 1 is 0.696 bits per heavy atom. The Hall–Kier alpha value is -3.12. The molecular weight excluding hydrogens is 829 g/mol. The highest BCUT2D eigenvalue weighted by Crippen LogP contribution is 2.64. The number of aliphatic hydroxyl groups is 1. The number of hydroxylamine groups is 1. The van der Waals surface area contributed by atoms with E-state index >= 15 is 0 Å². The van der Waals surface area contributed by atoms with Gasteiger partial charge in [-0.25, -0.2) is 5.48 Å². The molecule has 0 unspecified atom stereocenters. The van der Waals surface area contributed by atoms with Crippen LogP contribution in [0.25, 0.3) is 0 Å². The quantitative estimate of drug-likeness (QED) is 0.0218. The Morgan fingerprint density at radius 3 is 1.57 bits per heavy atom. The van der Waals surface area contributed by atoms with Crippen LogP contribution >= 0.6 is 0 Å². The molecule has 24 heteroatoms. The maximum Gasteiger partial charge on any atom is 0.460 e. The molecule has 0 spiro atoms. The molecule has 0 aliphatic carbocycles. The molecule has 1 amide bonds. The van der Waals surface area contributed by atoms with Gasteiger partial charge in [0, 0.05) is 18.4 Å². The lowest BCUT2D eigenvalue weighted by Crippen LogP contribution is -2.74. The van der Waals surface area contributed by atoms with E-state index in [9.17, 15) is 84.5 Å². The SMILES string of the molecule is CC(C)[Si](CCC(F)(F)C(F)(F)C(F)(F)C(F)(F)C(F)(F)C(F)(F)C(F)(F)C(F)(F)F)(OCCOc1ccc([C@H](O)[C@@H](C)/C=C/C=C/C(=O)NO)cc1)C(C)C. The van der Waals surface area contributed by atoms with Gasteiger partial charge < -0.3 is 14.3 Å². The van der Waals surface area contributed by atoms with Crippen LogP contribution in [0.5, 0.6) is 5.75 Å². The van der Waals surface area contributed by atoms with Crippen LogP contribution in [-0.4, -0.2) is 85.4 Å². The van der Waals surface area contributed by atoms with Gasteiger partial charge in [0.15, 0.2) is 8.32 Å². The number of carbonyl (C=O) groups excluding carboxylic acids is 1. The lowest BCUT2D eigenvalue weighted by atomic mass is 9.88. The van der Waals surface area contributed by atoms with Crippen molar-refractivity contribution < 1.29 is 98.9 Å². The van der Waals surface area contributed by atoms with Crippen molar-refractivity contribution in [2.24, 2.45) is 5.92 Å². The van der Waals surface area contributed by atoms with Crippen LogP contribution in [0.15, 0.2) is 48.6 Å². The first-order chi connectivity index (χ1) is 25.1. The Bertz CT molecular complexity index is 1490. The molecule has 0 heterocycles. The fourth-order valence-corrected chi connectivity index (χ4v) is 9.80. The van der Waals surface area contributed by atoms with Crippen LogP contribution in [0.2, 0.25) is 17.1 Å². The van der Waals surface area contributed by atoms with Gasteiger partial charge in [-0.15, -0.1) is 0 Å². The Kier molecular flexibility index (Phi) is 16.2. The van der Waals surface area contributed by atoms with Crippen molar-refractivity contribution in [2.75, 3.05) is 13.2 Å². The summed E-state index contributed by atoms with van der Waals surface area (Å²) in [6.07, 6.45) is -6.16. The largest absolute Gasteiger partial charge is 0.491 e. The zero-order chi connectivity index (χ0) is 44.1. The number of alkyl halides is 17. The van der Waals surface area contributed by atoms with E-state index < -0.39 is 104 Å². The average Bonchev–Trinajstić information content (AvgIpc) is 3.08. The summed E-state index contributed by atoms with van der Waals surface area (Å²) in [5, 5.41) is 19.0. The fraction of sp³-hybridized carbons (Fsp3) is 0.656. The van der Waals surface area contributed by atoms with Gasteiger partial charge in [-0.2, -0.15) is 74.6 Å². The van der Waals surface area contributed by atoms with Gasteiger partial charge in [0.25, 0.3) is 5.91 Å². The molecule has 324 valence electrons. The Morgan fingerprint density at radius 2 is 1.14 bits per heavy atom. The Balaban J connectivity index is 3.19. The summed E-state index contributed by atoms with van der Waals surface area (Å²) in [7, 11) is -3.95. The normalized spacial score (nSPS) is 16.0. The number of ether oxygens (including phenoxy) is 1. The highest BCUT2D eigenvalue weighted by Gasteiger charge is 2.95. The molecule has 1 aromatic carbocycles. The highest BCUT2D eigenvalue weighted by molar-refractivity contribution is 6.76. The molecule has 56 heavy (non-hydrogen) atoms. The number of nitrogens with one attached hydrogen (secondary N) is 1. The van der Waals surface area contributed by atoms with Crippen LogP contribution in [-0.2, 0) is 9.22 Å². The second-order valence-electron chi connectivity index (χ2n) is 13.2. The number of aliphatic hydroxyl groups excluding tert-OH is 1. The molecule has 1 aromatic rings. The molecule has 0 fully saturated rings. The molecule has 1 rings (SSSR count). The molecule has 2 atom stereocenters. The molecule has 0 saturated carbocycles. The third kappa shape index (κ3) is 9.76. The van der Waals surface area contributed by atoms with E-state index in [4.69, 9.17) is 14.4 Å². The third-order valence-electron chi connectivity index (χ3n) is 8.90. The van der Waals surface area contributed by atoms with Crippen molar-refractivity contribution in [3.05, 3.63) is 54.1 Å². The van der Waals surface area contributed by atoms with E-state index in [2.05, 4.69) is 0 Å². The molecule has 0 saturated heterocycles. The maximum atomic E-state index is 14.8. The molecule has 0 bridgehead atoms. The van der Waals surface area contributed by atoms with E-state index in [0.717, 1.165) is 6.08 Å². The van der Waals surface area contributed by atoms with Crippen molar-refractivity contribution in [1.82, 2.24) is 5.48 Å². The zero-order valence-corrected chi connectivity index (χ0v) is 30.8. The van der Waals surface area contributed by atoms with Gasteiger partial charge in [-0.1, -0.05) is 65.0 Å². The number of halogens is 17. The average molecular weight is 868 g/mol. The minimum atomic E-state index is -8.68. The van der Waals surface area contributed by atoms with Crippen LogP contribution in [0.1, 0.15) is 52.7 Å². The van der Waals surface area contributed by atoms with Crippen LogP contribution in [0.4, 0.5) is 74.6 Å². The summed E-state index contributed by atoms with van der Waals surface area (Å²) in [4.78, 5) is 11.0. The second-order valence-corrected chi connectivity index (χ2v) is 18.2. The summed E-state index contributed by atoms with van der Waals surface area (Å²) in [6.45, 7) is 6.02. The molecule has 3 N–H and O–H groups in total. The summed E-state index contributed by atoms with van der Waals surface area (Å²) < 4.78 is 245. The van der Waals surface area contributed by atoms with E-state index in [-0.39, 0.29) is 12.4 Å². The van der Waals surface area contributed by atoms with E-state index in [1.807, 2.05) is 0 Å². The second kappa shape index (κ2) is 17.8. The van der Waals surface area contributed by atoms with Crippen molar-refractivity contribution in [3.63, 3.8) is 0 Å². The monoisotopic (exact) mass is 867 g/mol. The summed E-state index contributed by atoms with van der Waals surface area (Å²) in [5.74, 6) is -57.8. The van der Waals surface area contributed by atoms with Gasteiger partial charge in [0.1, 0.15) is 12.4 Å². The van der Waals surface area contributed by atoms with Crippen molar-refractivity contribution >= 4 is 14.2 Å². The van der Waals surface area contributed by atoms with E-state index in [0.29, 0.717) is 5.56 Å². The lowest BCUT2D eigenvalue weighted by molar-refractivity contribution is -0.461. The molecule has 6 nitrogen and oxygen atoms in total. The van der Waals surface area contributed by atoms with Gasteiger partial charge in [-0.3, -0.25) is 10.0 Å². The smallest absolute Gasteiger partial charge is 0.460 e. The van der Waals surface area contributed by atoms with Crippen LogP contribution in [0.3, 0.4) is 0 Å². The van der Waals surface area contributed by atoms with Gasteiger partial charge in [0.2, 0.25) is 0 Å². The molecule has 0 aromatic heterocycles. The number of amides is 1. The van der Waals surface area contributed by atoms with Gasteiger partial charge >= 0.3 is 47.6 Å². The Labute approximate surface area is 309 Å². The number of benzene rings is 1. The molecular formula is C32H38F17NO5Si. The molecule has 0 aliphatic heterocycles. The first-order valence-electron chi connectivity index (χ1n) is 16.1. The van der Waals surface area contributed by atoms with Crippen LogP contribution in [0, 0.1) is 5.92 Å². The molecule has 0 radical (unpaired) electrons. The topological polar surface area (TPSA) is 88.0 Å². The maximum absolute atomic E-state index is 14.8. The number of hydrogen-bond donors (Lipinski definition) is 3. The predicted octanol–water partition coefficient (Wildman–Crippen LogP) is 10.5. The minimum absolute atomic E-state index is 0.150. The van der Waals surface area contributed by atoms with Crippen LogP contribution < -0.4 is 10.2 Å². The van der Waals surface area contributed by atoms with E-state index in [1.54, 1.807) is 6.92 Å². The first kappa shape index (κ1) is 50.9. The third-order valence-corrected chi connectivity index (χ3v) is 14.6. The number of carbonyl (C=O) groups is 1.